The van der Waals surface area contributed by atoms with Crippen molar-refractivity contribution in [2.75, 3.05) is 0 Å². The molecule has 7 nitrogen and oxygen atoms in total. The van der Waals surface area contributed by atoms with Gasteiger partial charge in [0.2, 0.25) is 10.0 Å². The topological polar surface area (TPSA) is 106 Å². The molecule has 0 spiro atoms. The Morgan fingerprint density at radius 3 is 2.03 bits per heavy atom. The molecule has 0 saturated carbocycles. The van der Waals surface area contributed by atoms with Gasteiger partial charge in [-0.15, -0.1) is 0 Å². The zero-order valence-corrected chi connectivity index (χ0v) is 17.7. The molecule has 1 atom stereocenters. The molecule has 0 saturated heterocycles. The average molecular weight is 443 g/mol. The molecule has 0 aliphatic carbocycles. The first-order valence-electron chi connectivity index (χ1n) is 8.51. The van der Waals surface area contributed by atoms with E-state index in [1.807, 2.05) is 4.72 Å². The Bertz CT molecular complexity index is 1010. The average Bonchev–Trinajstić information content (AvgIpc) is 2.65. The van der Waals surface area contributed by atoms with Gasteiger partial charge < -0.3 is 0 Å². The highest BCUT2D eigenvalue weighted by molar-refractivity contribution is 7.89. The van der Waals surface area contributed by atoms with Crippen LogP contribution in [0.2, 0.25) is 19.6 Å². The highest BCUT2D eigenvalue weighted by atomic mass is 32.2. The number of nitrogens with zero attached hydrogens (tertiary/aromatic N) is 1. The fourth-order valence-electron chi connectivity index (χ4n) is 2.60. The van der Waals surface area contributed by atoms with Gasteiger partial charge in [-0.1, -0.05) is 50.0 Å². The van der Waals surface area contributed by atoms with E-state index in [4.69, 9.17) is 0 Å². The number of carbonyl (C=O) groups excluding carboxylic acids is 1. The van der Waals surface area contributed by atoms with E-state index in [1.165, 1.54) is 43.9 Å². The van der Waals surface area contributed by atoms with Crippen LogP contribution in [0.15, 0.2) is 59.5 Å². The van der Waals surface area contributed by atoms with Crippen molar-refractivity contribution >= 4 is 29.2 Å². The van der Waals surface area contributed by atoms with Crippen molar-refractivity contribution in [3.63, 3.8) is 0 Å². The van der Waals surface area contributed by atoms with Crippen LogP contribution in [0.3, 0.4) is 0 Å². The van der Waals surface area contributed by atoms with Crippen molar-refractivity contribution in [2.24, 2.45) is 0 Å². The summed E-state index contributed by atoms with van der Waals surface area (Å²) in [7, 11) is -7.47. The molecule has 0 radical (unpaired) electrons. The third kappa shape index (κ3) is 5.11. The summed E-state index contributed by atoms with van der Waals surface area (Å²) in [4.78, 5) is 22.0. The Kier molecular flexibility index (Phi) is 6.35. The van der Waals surface area contributed by atoms with Gasteiger partial charge in [-0.05, 0) is 17.7 Å². The number of alkyl halides is 2. The monoisotopic (exact) mass is 442 g/mol. The first-order chi connectivity index (χ1) is 13.3. The molecule has 1 unspecified atom stereocenters. The third-order valence-corrected chi connectivity index (χ3v) is 7.24. The van der Waals surface area contributed by atoms with Crippen LogP contribution in [-0.4, -0.2) is 32.7 Å². The molecule has 11 heteroatoms. The molecule has 0 aromatic heterocycles. The van der Waals surface area contributed by atoms with Crippen LogP contribution in [0.4, 0.5) is 14.5 Å². The Morgan fingerprint density at radius 2 is 1.59 bits per heavy atom. The zero-order chi connectivity index (χ0) is 22.0. The number of carbonyl (C=O) groups is 1. The van der Waals surface area contributed by atoms with Gasteiger partial charge in [0.1, 0.15) is 14.1 Å². The van der Waals surface area contributed by atoms with E-state index in [2.05, 4.69) is 0 Å². The largest absolute Gasteiger partial charge is 0.320 e. The molecule has 0 aliphatic rings. The van der Waals surface area contributed by atoms with Crippen molar-refractivity contribution in [3.05, 3.63) is 70.3 Å². The maximum atomic E-state index is 15.1. The summed E-state index contributed by atoms with van der Waals surface area (Å²) in [6, 6.07) is 8.77. The van der Waals surface area contributed by atoms with Gasteiger partial charge in [-0.25, -0.2) is 8.42 Å². The predicted octanol–water partition coefficient (Wildman–Crippen LogP) is 3.70. The molecule has 0 bridgehead atoms. The standard InChI is InChI=1S/C18H20F2N2O5SSi/c1-29(2,3)17(23)18(19,20)16(13-7-5-4-6-8-13)21-28(26,27)15-11-9-14(10-12-15)22(24)25/h4-12,16,21H,1-3H3. The molecule has 0 amide bonds. The number of nitrogens with one attached hydrogen (secondary N) is 1. The maximum Gasteiger partial charge on any atom is 0.320 e. The molecule has 2 aromatic carbocycles. The maximum absolute atomic E-state index is 15.1. The lowest BCUT2D eigenvalue weighted by molar-refractivity contribution is -0.384. The van der Waals surface area contributed by atoms with Crippen LogP contribution in [0.5, 0.6) is 0 Å². The Hall–Kier alpha value is -2.50. The first-order valence-corrected chi connectivity index (χ1v) is 13.5. The van der Waals surface area contributed by atoms with Crippen molar-refractivity contribution in [2.45, 2.75) is 36.5 Å². The Balaban J connectivity index is 2.50. The summed E-state index contributed by atoms with van der Waals surface area (Å²) < 4.78 is 57.6. The third-order valence-electron chi connectivity index (χ3n) is 4.11. The molecular weight excluding hydrogens is 422 g/mol. The van der Waals surface area contributed by atoms with E-state index in [0.717, 1.165) is 24.3 Å². The van der Waals surface area contributed by atoms with Crippen molar-refractivity contribution < 1.29 is 26.9 Å². The highest BCUT2D eigenvalue weighted by Crippen LogP contribution is 2.36. The number of benzene rings is 2. The van der Waals surface area contributed by atoms with E-state index in [0.29, 0.717) is 0 Å². The molecule has 0 aliphatic heterocycles. The SMILES string of the molecule is C[Si](C)(C)C(=O)C(F)(F)C(NS(=O)(=O)c1ccc([N+](=O)[O-])cc1)c1ccccc1. The van der Waals surface area contributed by atoms with Crippen LogP contribution >= 0.6 is 0 Å². The van der Waals surface area contributed by atoms with Gasteiger partial charge >= 0.3 is 5.92 Å². The van der Waals surface area contributed by atoms with Crippen LogP contribution in [-0.2, 0) is 14.8 Å². The van der Waals surface area contributed by atoms with Crippen LogP contribution in [0.25, 0.3) is 0 Å². The summed E-state index contributed by atoms with van der Waals surface area (Å²) in [6.45, 7) is 4.36. The van der Waals surface area contributed by atoms with Gasteiger partial charge in [-0.3, -0.25) is 14.9 Å². The number of rotatable bonds is 8. The van der Waals surface area contributed by atoms with E-state index in [9.17, 15) is 23.3 Å². The van der Waals surface area contributed by atoms with Crippen molar-refractivity contribution in [1.29, 1.82) is 0 Å². The second-order valence-electron chi connectivity index (χ2n) is 7.42. The van der Waals surface area contributed by atoms with E-state index in [-0.39, 0.29) is 11.3 Å². The molecule has 156 valence electrons. The molecular formula is C18H20F2N2O5SSi. The fourth-order valence-corrected chi connectivity index (χ4v) is 4.97. The summed E-state index contributed by atoms with van der Waals surface area (Å²) in [6.07, 6.45) is 0. The van der Waals surface area contributed by atoms with E-state index >= 15 is 8.78 Å². The lowest BCUT2D eigenvalue weighted by atomic mass is 10.0. The number of nitro benzene ring substituents is 1. The lowest BCUT2D eigenvalue weighted by Crippen LogP contribution is -2.53. The molecule has 0 heterocycles. The van der Waals surface area contributed by atoms with Gasteiger partial charge in [0.15, 0.2) is 5.41 Å². The number of non-ortho nitro benzene ring substituents is 1. The zero-order valence-electron chi connectivity index (χ0n) is 15.9. The number of sulfonamides is 1. The Labute approximate surface area is 168 Å². The first kappa shape index (κ1) is 22.8. The lowest BCUT2D eigenvalue weighted by Gasteiger charge is -2.30. The number of hydrogen-bond acceptors (Lipinski definition) is 5. The molecule has 29 heavy (non-hydrogen) atoms. The number of nitro groups is 1. The minimum atomic E-state index is -4.50. The Morgan fingerprint density at radius 1 is 1.07 bits per heavy atom. The number of hydrogen-bond donors (Lipinski definition) is 1. The predicted molar refractivity (Wildman–Crippen MR) is 106 cm³/mol. The van der Waals surface area contributed by atoms with E-state index in [1.54, 1.807) is 6.07 Å². The molecule has 2 aromatic rings. The summed E-state index contributed by atoms with van der Waals surface area (Å²) >= 11 is 0. The van der Waals surface area contributed by atoms with Crippen molar-refractivity contribution in [1.82, 2.24) is 4.72 Å². The summed E-state index contributed by atoms with van der Waals surface area (Å²) in [5, 5.41) is 9.45. The highest BCUT2D eigenvalue weighted by Gasteiger charge is 2.53. The van der Waals surface area contributed by atoms with Gasteiger partial charge in [0, 0.05) is 12.1 Å². The number of halogens is 2. The van der Waals surface area contributed by atoms with Crippen LogP contribution < -0.4 is 4.72 Å². The van der Waals surface area contributed by atoms with Gasteiger partial charge in [0.05, 0.1) is 9.82 Å². The van der Waals surface area contributed by atoms with Gasteiger partial charge in [0.25, 0.3) is 5.69 Å². The minimum Gasteiger partial charge on any atom is -0.299 e. The second kappa shape index (κ2) is 8.09. The quantitative estimate of drug-likeness (QED) is 0.381. The van der Waals surface area contributed by atoms with Gasteiger partial charge in [-0.2, -0.15) is 13.5 Å². The van der Waals surface area contributed by atoms with E-state index < -0.39 is 45.3 Å². The van der Waals surface area contributed by atoms with Crippen LogP contribution in [0, 0.1) is 10.1 Å². The normalized spacial score (nSPS) is 13.7. The minimum absolute atomic E-state index is 0.0745. The molecule has 2 rings (SSSR count). The smallest absolute Gasteiger partial charge is 0.299 e. The van der Waals surface area contributed by atoms with Crippen molar-refractivity contribution in [3.8, 4) is 0 Å². The summed E-state index contributed by atoms with van der Waals surface area (Å²) in [5.74, 6) is -3.99. The second-order valence-corrected chi connectivity index (χ2v) is 14.1. The summed E-state index contributed by atoms with van der Waals surface area (Å²) in [5.41, 5.74) is -0.419. The van der Waals surface area contributed by atoms with Crippen LogP contribution in [0.1, 0.15) is 11.6 Å². The molecule has 1 N–H and O–H groups in total. The molecule has 0 fully saturated rings. The fraction of sp³-hybridized carbons (Fsp3) is 0.278.